The summed E-state index contributed by atoms with van der Waals surface area (Å²) in [4.78, 5) is 12.4. The van der Waals surface area contributed by atoms with E-state index in [1.807, 2.05) is 48.5 Å². The Morgan fingerprint density at radius 3 is 2.62 bits per heavy atom. The van der Waals surface area contributed by atoms with Gasteiger partial charge in [-0.2, -0.15) is 0 Å². The standard InChI is InChI=1S/C17H16BrN5O/c1-11(13-7-9-14(18)10-8-13)19-21-17(24)12(2)23-16-6-4-3-5-15(16)20-22-23/h3-10,12,19H,1H2,2H3,(H,21,24)/t12-/m1/s1. The molecule has 1 aromatic heterocycles. The highest BCUT2D eigenvalue weighted by atomic mass is 79.9. The topological polar surface area (TPSA) is 71.8 Å². The Morgan fingerprint density at radius 2 is 1.88 bits per heavy atom. The minimum atomic E-state index is -0.511. The van der Waals surface area contributed by atoms with Gasteiger partial charge in [-0.3, -0.25) is 15.6 Å². The van der Waals surface area contributed by atoms with Gasteiger partial charge in [-0.25, -0.2) is 4.68 Å². The summed E-state index contributed by atoms with van der Waals surface area (Å²) in [5.41, 5.74) is 8.55. The fraction of sp³-hybridized carbons (Fsp3) is 0.118. The molecular weight excluding hydrogens is 370 g/mol. The lowest BCUT2D eigenvalue weighted by atomic mass is 10.2. The highest BCUT2D eigenvalue weighted by Crippen LogP contribution is 2.16. The van der Waals surface area contributed by atoms with Gasteiger partial charge in [0.05, 0.1) is 11.2 Å². The van der Waals surface area contributed by atoms with Gasteiger partial charge in [0.1, 0.15) is 11.6 Å². The SMILES string of the molecule is C=C(NNC(=O)[C@@H](C)n1nnc2ccccc21)c1ccc(Br)cc1. The molecule has 0 unspecified atom stereocenters. The molecule has 0 aliphatic carbocycles. The highest BCUT2D eigenvalue weighted by molar-refractivity contribution is 9.10. The number of hydrogen-bond acceptors (Lipinski definition) is 4. The van der Waals surface area contributed by atoms with Crippen molar-refractivity contribution in [3.05, 3.63) is 65.1 Å². The van der Waals surface area contributed by atoms with Gasteiger partial charge >= 0.3 is 0 Å². The Morgan fingerprint density at radius 1 is 1.17 bits per heavy atom. The number of hydrogen-bond donors (Lipinski definition) is 2. The Balaban J connectivity index is 1.66. The normalized spacial score (nSPS) is 11.9. The van der Waals surface area contributed by atoms with Crippen LogP contribution in [0.2, 0.25) is 0 Å². The van der Waals surface area contributed by atoms with Crippen LogP contribution in [0.4, 0.5) is 0 Å². The molecule has 122 valence electrons. The van der Waals surface area contributed by atoms with Crippen LogP contribution in [0.25, 0.3) is 16.7 Å². The number of nitrogens with one attached hydrogen (secondary N) is 2. The zero-order valence-electron chi connectivity index (χ0n) is 13.0. The first-order valence-electron chi connectivity index (χ1n) is 7.37. The number of halogens is 1. The van der Waals surface area contributed by atoms with E-state index in [0.29, 0.717) is 5.70 Å². The van der Waals surface area contributed by atoms with Crippen LogP contribution in [0.15, 0.2) is 59.6 Å². The van der Waals surface area contributed by atoms with Crippen LogP contribution in [0, 0.1) is 0 Å². The van der Waals surface area contributed by atoms with Crippen molar-refractivity contribution >= 4 is 38.6 Å². The van der Waals surface area contributed by atoms with Crippen molar-refractivity contribution in [1.29, 1.82) is 0 Å². The molecular formula is C17H16BrN5O. The quantitative estimate of drug-likeness (QED) is 0.662. The molecule has 7 heteroatoms. The first-order chi connectivity index (χ1) is 11.6. The molecule has 1 amide bonds. The molecule has 0 fully saturated rings. The van der Waals surface area contributed by atoms with Gasteiger partial charge in [0.2, 0.25) is 0 Å². The summed E-state index contributed by atoms with van der Waals surface area (Å²) < 4.78 is 2.57. The molecule has 3 rings (SSSR count). The van der Waals surface area contributed by atoms with Crippen molar-refractivity contribution in [3.8, 4) is 0 Å². The lowest BCUT2D eigenvalue weighted by Gasteiger charge is -2.15. The average molecular weight is 386 g/mol. The third-order valence-electron chi connectivity index (χ3n) is 3.65. The largest absolute Gasteiger partial charge is 0.299 e. The summed E-state index contributed by atoms with van der Waals surface area (Å²) in [7, 11) is 0. The van der Waals surface area contributed by atoms with E-state index < -0.39 is 6.04 Å². The van der Waals surface area contributed by atoms with Gasteiger partial charge in [0, 0.05) is 4.47 Å². The van der Waals surface area contributed by atoms with Crippen LogP contribution < -0.4 is 10.9 Å². The second-order valence-corrected chi connectivity index (χ2v) is 6.21. The number of fused-ring (bicyclic) bond motifs is 1. The van der Waals surface area contributed by atoms with Gasteiger partial charge in [0.15, 0.2) is 0 Å². The maximum absolute atomic E-state index is 12.4. The number of para-hydroxylation sites is 1. The minimum absolute atomic E-state index is 0.232. The zero-order valence-corrected chi connectivity index (χ0v) is 14.6. The molecule has 6 nitrogen and oxygen atoms in total. The molecule has 1 heterocycles. The molecule has 24 heavy (non-hydrogen) atoms. The zero-order chi connectivity index (χ0) is 17.1. The minimum Gasteiger partial charge on any atom is -0.299 e. The Kier molecular flexibility index (Phi) is 4.61. The summed E-state index contributed by atoms with van der Waals surface area (Å²) in [6.07, 6.45) is 0. The molecule has 0 radical (unpaired) electrons. The van der Waals surface area contributed by atoms with Crippen molar-refractivity contribution in [3.63, 3.8) is 0 Å². The Hall–Kier alpha value is -2.67. The first kappa shape index (κ1) is 16.2. The van der Waals surface area contributed by atoms with Gasteiger partial charge in [-0.1, -0.05) is 52.0 Å². The maximum Gasteiger partial charge on any atom is 0.262 e. The van der Waals surface area contributed by atoms with E-state index in [0.717, 1.165) is 21.1 Å². The van der Waals surface area contributed by atoms with Gasteiger partial charge in [-0.15, -0.1) is 5.10 Å². The number of carbonyl (C=O) groups is 1. The fourth-order valence-electron chi connectivity index (χ4n) is 2.25. The smallest absolute Gasteiger partial charge is 0.262 e. The maximum atomic E-state index is 12.4. The number of aromatic nitrogens is 3. The van der Waals surface area contributed by atoms with E-state index in [-0.39, 0.29) is 5.91 Å². The number of rotatable bonds is 5. The Labute approximate surface area is 147 Å². The third-order valence-corrected chi connectivity index (χ3v) is 4.18. The van der Waals surface area contributed by atoms with Crippen LogP contribution in [-0.2, 0) is 4.79 Å². The third kappa shape index (κ3) is 3.30. The van der Waals surface area contributed by atoms with Crippen LogP contribution in [0.1, 0.15) is 18.5 Å². The van der Waals surface area contributed by atoms with Gasteiger partial charge < -0.3 is 0 Å². The molecule has 2 N–H and O–H groups in total. The fourth-order valence-corrected chi connectivity index (χ4v) is 2.51. The molecule has 1 atom stereocenters. The summed E-state index contributed by atoms with van der Waals surface area (Å²) in [5, 5.41) is 8.13. The van der Waals surface area contributed by atoms with Crippen molar-refractivity contribution < 1.29 is 4.79 Å². The van der Waals surface area contributed by atoms with E-state index >= 15 is 0 Å². The molecule has 0 spiro atoms. The van der Waals surface area contributed by atoms with Crippen molar-refractivity contribution in [2.24, 2.45) is 0 Å². The first-order valence-corrected chi connectivity index (χ1v) is 8.16. The predicted molar refractivity (Wildman–Crippen MR) is 96.7 cm³/mol. The summed E-state index contributed by atoms with van der Waals surface area (Å²) in [6, 6.07) is 14.6. The average Bonchev–Trinajstić information content (AvgIpc) is 3.03. The summed E-state index contributed by atoms with van der Waals surface area (Å²) in [5.74, 6) is -0.232. The summed E-state index contributed by atoms with van der Waals surface area (Å²) >= 11 is 3.38. The van der Waals surface area contributed by atoms with Crippen LogP contribution >= 0.6 is 15.9 Å². The molecule has 0 saturated carbocycles. The number of benzene rings is 2. The van der Waals surface area contributed by atoms with Gasteiger partial charge in [-0.05, 0) is 36.8 Å². The molecule has 0 aliphatic heterocycles. The number of amides is 1. The second kappa shape index (κ2) is 6.84. The molecule has 2 aromatic carbocycles. The lowest BCUT2D eigenvalue weighted by Crippen LogP contribution is -2.40. The number of carbonyl (C=O) groups excluding carboxylic acids is 1. The molecule has 0 bridgehead atoms. The summed E-state index contributed by atoms with van der Waals surface area (Å²) in [6.45, 7) is 5.69. The van der Waals surface area contributed by atoms with Crippen molar-refractivity contribution in [2.75, 3.05) is 0 Å². The van der Waals surface area contributed by atoms with E-state index in [9.17, 15) is 4.79 Å². The highest BCUT2D eigenvalue weighted by Gasteiger charge is 2.18. The van der Waals surface area contributed by atoms with Crippen LogP contribution in [0.5, 0.6) is 0 Å². The van der Waals surface area contributed by atoms with Crippen LogP contribution in [0.3, 0.4) is 0 Å². The molecule has 0 saturated heterocycles. The number of nitrogens with zero attached hydrogens (tertiary/aromatic N) is 3. The van der Waals surface area contributed by atoms with Crippen molar-refractivity contribution in [2.45, 2.75) is 13.0 Å². The monoisotopic (exact) mass is 385 g/mol. The van der Waals surface area contributed by atoms with E-state index in [1.165, 1.54) is 0 Å². The van der Waals surface area contributed by atoms with E-state index in [4.69, 9.17) is 0 Å². The van der Waals surface area contributed by atoms with E-state index in [2.05, 4.69) is 43.7 Å². The Bertz CT molecular complexity index is 887. The predicted octanol–water partition coefficient (Wildman–Crippen LogP) is 3.05. The molecule has 3 aromatic rings. The van der Waals surface area contributed by atoms with Crippen molar-refractivity contribution in [1.82, 2.24) is 25.8 Å². The molecule has 0 aliphatic rings. The number of hydrazine groups is 1. The lowest BCUT2D eigenvalue weighted by molar-refractivity contribution is -0.124. The van der Waals surface area contributed by atoms with Crippen LogP contribution in [-0.4, -0.2) is 20.9 Å². The van der Waals surface area contributed by atoms with Gasteiger partial charge in [0.25, 0.3) is 5.91 Å². The second-order valence-electron chi connectivity index (χ2n) is 5.30. The van der Waals surface area contributed by atoms with E-state index in [1.54, 1.807) is 11.6 Å².